The van der Waals surface area contributed by atoms with Crippen LogP contribution in [-0.2, 0) is 23.6 Å². The van der Waals surface area contributed by atoms with E-state index in [1.807, 2.05) is 0 Å². The van der Waals surface area contributed by atoms with Crippen molar-refractivity contribution in [2.45, 2.75) is 12.4 Å². The average molecular weight is 231 g/mol. The van der Waals surface area contributed by atoms with Crippen molar-refractivity contribution in [2.24, 2.45) is 0 Å². The minimum absolute atomic E-state index is 0.129. The summed E-state index contributed by atoms with van der Waals surface area (Å²) in [4.78, 5) is 0. The molecule has 0 aliphatic carbocycles. The van der Waals surface area contributed by atoms with Crippen molar-refractivity contribution in [2.75, 3.05) is 53.4 Å². The van der Waals surface area contributed by atoms with Crippen molar-refractivity contribution >= 4 is 7.48 Å². The topological polar surface area (TPSA) is 46.2 Å². The van der Waals surface area contributed by atoms with Crippen LogP contribution in [0.25, 0.3) is 0 Å². The van der Waals surface area contributed by atoms with E-state index in [4.69, 9.17) is 23.6 Å². The molecular formula is C10H20BO5. The summed E-state index contributed by atoms with van der Waals surface area (Å²) in [6.45, 7) is 4.25. The lowest BCUT2D eigenvalue weighted by Gasteiger charge is -2.15. The molecular weight excluding hydrogens is 211 g/mol. The molecule has 0 aromatic rings. The van der Waals surface area contributed by atoms with Crippen molar-refractivity contribution in [3.63, 3.8) is 0 Å². The Morgan fingerprint density at radius 2 is 1.62 bits per heavy atom. The zero-order valence-corrected chi connectivity index (χ0v) is 9.85. The number of hydrogen-bond acceptors (Lipinski definition) is 5. The molecule has 1 atom stereocenters. The van der Waals surface area contributed by atoms with Crippen LogP contribution in [0.15, 0.2) is 0 Å². The Bertz CT molecular complexity index is 144. The molecule has 1 unspecified atom stereocenters. The SMILES string of the molecule is CO[B]C1COCCCOCCOCCO1. The van der Waals surface area contributed by atoms with Crippen molar-refractivity contribution in [1.82, 2.24) is 0 Å². The number of rotatable bonds is 2. The first-order valence-corrected chi connectivity index (χ1v) is 5.64. The highest BCUT2D eigenvalue weighted by Crippen LogP contribution is 1.96. The maximum absolute atomic E-state index is 5.52. The number of hydrogen-bond donors (Lipinski definition) is 0. The molecule has 1 aliphatic heterocycles. The third-order valence-corrected chi connectivity index (χ3v) is 2.08. The van der Waals surface area contributed by atoms with Crippen molar-refractivity contribution < 1.29 is 23.6 Å². The molecule has 0 spiro atoms. The molecule has 16 heavy (non-hydrogen) atoms. The molecule has 1 saturated heterocycles. The standard InChI is InChI=1S/C10H20BO5/c1-12-11-10-9-15-4-2-3-13-5-6-14-7-8-16-10/h10H,2-9H2,1H3. The molecule has 0 amide bonds. The van der Waals surface area contributed by atoms with E-state index in [1.54, 1.807) is 14.6 Å². The fraction of sp³-hybridized carbons (Fsp3) is 1.00. The second-order valence-electron chi connectivity index (χ2n) is 3.43. The van der Waals surface area contributed by atoms with Gasteiger partial charge in [-0.2, -0.15) is 0 Å². The molecule has 0 aromatic carbocycles. The molecule has 1 aliphatic rings. The van der Waals surface area contributed by atoms with E-state index in [0.29, 0.717) is 46.2 Å². The average Bonchev–Trinajstić information content (AvgIpc) is 2.31. The minimum Gasteiger partial charge on any atom is -0.440 e. The highest BCUT2D eigenvalue weighted by atomic mass is 16.6. The first-order chi connectivity index (χ1) is 7.93. The van der Waals surface area contributed by atoms with Crippen LogP contribution in [0.5, 0.6) is 0 Å². The van der Waals surface area contributed by atoms with Crippen molar-refractivity contribution in [3.05, 3.63) is 0 Å². The van der Waals surface area contributed by atoms with Crippen LogP contribution in [0, 0.1) is 0 Å². The molecule has 1 fully saturated rings. The molecule has 93 valence electrons. The van der Waals surface area contributed by atoms with Gasteiger partial charge in [-0.15, -0.1) is 0 Å². The lowest BCUT2D eigenvalue weighted by molar-refractivity contribution is -0.00964. The summed E-state index contributed by atoms with van der Waals surface area (Å²) in [5.74, 6) is 0. The smallest absolute Gasteiger partial charge is 0.326 e. The van der Waals surface area contributed by atoms with Crippen LogP contribution in [0.4, 0.5) is 0 Å². The van der Waals surface area contributed by atoms with E-state index in [0.717, 1.165) is 6.42 Å². The van der Waals surface area contributed by atoms with Crippen LogP contribution in [-0.4, -0.2) is 66.8 Å². The second-order valence-corrected chi connectivity index (χ2v) is 3.43. The van der Waals surface area contributed by atoms with Crippen LogP contribution >= 0.6 is 0 Å². The van der Waals surface area contributed by atoms with Crippen molar-refractivity contribution in [1.29, 1.82) is 0 Å². The van der Waals surface area contributed by atoms with Crippen LogP contribution in [0.2, 0.25) is 0 Å². The first kappa shape index (κ1) is 13.9. The molecule has 0 bridgehead atoms. The Hall–Kier alpha value is -0.135. The zero-order valence-electron chi connectivity index (χ0n) is 9.85. The van der Waals surface area contributed by atoms with Gasteiger partial charge in [0, 0.05) is 20.3 Å². The highest BCUT2D eigenvalue weighted by Gasteiger charge is 2.12. The monoisotopic (exact) mass is 231 g/mol. The maximum Gasteiger partial charge on any atom is 0.326 e. The summed E-state index contributed by atoms with van der Waals surface area (Å²) in [5.41, 5.74) is 0. The Labute approximate surface area is 97.6 Å². The van der Waals surface area contributed by atoms with Crippen molar-refractivity contribution in [3.8, 4) is 0 Å². The van der Waals surface area contributed by atoms with Gasteiger partial charge in [0.05, 0.1) is 39.0 Å². The van der Waals surface area contributed by atoms with Gasteiger partial charge in [-0.1, -0.05) is 0 Å². The Morgan fingerprint density at radius 1 is 0.938 bits per heavy atom. The van der Waals surface area contributed by atoms with Gasteiger partial charge in [0.15, 0.2) is 0 Å². The Kier molecular flexibility index (Phi) is 8.75. The van der Waals surface area contributed by atoms with Gasteiger partial charge in [0.1, 0.15) is 0 Å². The fourth-order valence-corrected chi connectivity index (χ4v) is 1.32. The van der Waals surface area contributed by atoms with Crippen LogP contribution in [0.3, 0.4) is 0 Å². The van der Waals surface area contributed by atoms with E-state index in [1.165, 1.54) is 0 Å². The molecule has 6 heteroatoms. The molecule has 1 radical (unpaired) electrons. The normalized spacial score (nSPS) is 26.2. The van der Waals surface area contributed by atoms with E-state index < -0.39 is 0 Å². The van der Waals surface area contributed by atoms with Gasteiger partial charge in [-0.25, -0.2) is 0 Å². The largest absolute Gasteiger partial charge is 0.440 e. The third kappa shape index (κ3) is 7.19. The minimum atomic E-state index is -0.129. The van der Waals surface area contributed by atoms with Gasteiger partial charge in [-0.05, 0) is 6.42 Å². The molecule has 0 saturated carbocycles. The fourth-order valence-electron chi connectivity index (χ4n) is 1.32. The Balaban J connectivity index is 2.20. The lowest BCUT2D eigenvalue weighted by Crippen LogP contribution is -2.29. The zero-order chi connectivity index (χ0) is 11.5. The second kappa shape index (κ2) is 10.0. The first-order valence-electron chi connectivity index (χ1n) is 5.64. The van der Waals surface area contributed by atoms with E-state index in [2.05, 4.69) is 0 Å². The summed E-state index contributed by atoms with van der Waals surface area (Å²) in [7, 11) is 3.24. The quantitative estimate of drug-likeness (QED) is 0.628. The van der Waals surface area contributed by atoms with Gasteiger partial charge in [-0.3, -0.25) is 0 Å². The summed E-state index contributed by atoms with van der Waals surface area (Å²) in [6, 6.07) is -0.129. The summed E-state index contributed by atoms with van der Waals surface area (Å²) in [5, 5.41) is 0. The lowest BCUT2D eigenvalue weighted by atomic mass is 9.92. The predicted octanol–water partition coefficient (Wildman–Crippen LogP) is 0.0482. The highest BCUT2D eigenvalue weighted by molar-refractivity contribution is 6.29. The molecule has 1 rings (SSSR count). The van der Waals surface area contributed by atoms with Crippen LogP contribution in [0.1, 0.15) is 6.42 Å². The summed E-state index contributed by atoms with van der Waals surface area (Å²) < 4.78 is 26.6. The molecule has 0 N–H and O–H groups in total. The molecule has 1 heterocycles. The molecule has 0 aromatic heterocycles. The van der Waals surface area contributed by atoms with Gasteiger partial charge in [0.2, 0.25) is 0 Å². The maximum atomic E-state index is 5.52. The Morgan fingerprint density at radius 3 is 2.44 bits per heavy atom. The van der Waals surface area contributed by atoms with Gasteiger partial charge >= 0.3 is 7.48 Å². The van der Waals surface area contributed by atoms with Gasteiger partial charge < -0.3 is 23.6 Å². The van der Waals surface area contributed by atoms with E-state index in [9.17, 15) is 0 Å². The third-order valence-electron chi connectivity index (χ3n) is 2.08. The predicted molar refractivity (Wildman–Crippen MR) is 59.6 cm³/mol. The summed E-state index contributed by atoms with van der Waals surface area (Å²) >= 11 is 0. The van der Waals surface area contributed by atoms with Gasteiger partial charge in [0.25, 0.3) is 0 Å². The van der Waals surface area contributed by atoms with E-state index in [-0.39, 0.29) is 6.00 Å². The summed E-state index contributed by atoms with van der Waals surface area (Å²) in [6.07, 6.45) is 0.889. The number of ether oxygens (including phenoxy) is 4. The van der Waals surface area contributed by atoms with E-state index >= 15 is 0 Å². The van der Waals surface area contributed by atoms with Crippen LogP contribution < -0.4 is 0 Å². The molecule has 5 nitrogen and oxygen atoms in total.